The number of aryl methyl sites for hydroxylation is 1. The summed E-state index contributed by atoms with van der Waals surface area (Å²) >= 11 is 2.07. The number of carboxylic acid groups (broad SMARTS) is 1. The number of carbonyl (C=O) groups is 1. The van der Waals surface area contributed by atoms with Gasteiger partial charge >= 0.3 is 11.7 Å². The second-order valence-corrected chi connectivity index (χ2v) is 5.50. The molecule has 1 N–H and O–H groups in total. The van der Waals surface area contributed by atoms with Crippen molar-refractivity contribution < 1.29 is 14.8 Å². The van der Waals surface area contributed by atoms with Crippen LogP contribution in [0, 0.1) is 17.0 Å². The largest absolute Gasteiger partial charge is 0.477 e. The van der Waals surface area contributed by atoms with Crippen molar-refractivity contribution in [3.8, 4) is 0 Å². The van der Waals surface area contributed by atoms with Crippen molar-refractivity contribution in [2.75, 3.05) is 0 Å². The van der Waals surface area contributed by atoms with Gasteiger partial charge in [0.25, 0.3) is 0 Å². The molecule has 0 saturated heterocycles. The summed E-state index contributed by atoms with van der Waals surface area (Å²) in [4.78, 5) is 32.6. The summed E-state index contributed by atoms with van der Waals surface area (Å²) in [7, 11) is 0. The Labute approximate surface area is 114 Å². The molecule has 2 heterocycles. The molecule has 10 heteroatoms. The van der Waals surface area contributed by atoms with E-state index in [2.05, 4.69) is 15.0 Å². The minimum atomic E-state index is -1.04. The van der Waals surface area contributed by atoms with Gasteiger partial charge in [0.1, 0.15) is 17.3 Å². The topological polar surface area (TPSA) is 119 Å². The maximum absolute atomic E-state index is 10.9. The zero-order chi connectivity index (χ0) is 14.0. The molecule has 98 valence electrons. The minimum Gasteiger partial charge on any atom is -0.477 e. The highest BCUT2D eigenvalue weighted by Gasteiger charge is 2.16. The van der Waals surface area contributed by atoms with Gasteiger partial charge in [0.2, 0.25) is 0 Å². The van der Waals surface area contributed by atoms with Crippen LogP contribution in [-0.4, -0.2) is 31.0 Å². The lowest BCUT2D eigenvalue weighted by Gasteiger charge is -1.94. The third-order valence-electron chi connectivity index (χ3n) is 1.98. The molecule has 0 aliphatic carbocycles. The van der Waals surface area contributed by atoms with Crippen LogP contribution in [0.4, 0.5) is 5.69 Å². The standard InChI is InChI=1S/C9H6N4O4S2/c1-4-6(7(14)15)18-9(12-4)19-8-10-2-5(3-11-8)13(16)17/h2-3H,1H3,(H,14,15). The van der Waals surface area contributed by atoms with E-state index in [1.807, 2.05) is 0 Å². The third kappa shape index (κ3) is 3.03. The van der Waals surface area contributed by atoms with Crippen LogP contribution in [0.1, 0.15) is 15.4 Å². The average Bonchev–Trinajstić information content (AvgIpc) is 2.71. The highest BCUT2D eigenvalue weighted by atomic mass is 32.2. The lowest BCUT2D eigenvalue weighted by molar-refractivity contribution is -0.385. The van der Waals surface area contributed by atoms with E-state index in [9.17, 15) is 14.9 Å². The fraction of sp³-hybridized carbons (Fsp3) is 0.111. The van der Waals surface area contributed by atoms with E-state index in [-0.39, 0.29) is 15.7 Å². The van der Waals surface area contributed by atoms with E-state index in [0.717, 1.165) is 35.5 Å². The Hall–Kier alpha value is -2.07. The lowest BCUT2D eigenvalue weighted by atomic mass is 10.4. The molecule has 0 fully saturated rings. The first-order valence-corrected chi connectivity index (χ1v) is 6.45. The fourth-order valence-electron chi connectivity index (χ4n) is 1.15. The van der Waals surface area contributed by atoms with Gasteiger partial charge in [0.05, 0.1) is 10.6 Å². The summed E-state index contributed by atoms with van der Waals surface area (Å²) in [6, 6.07) is 0. The SMILES string of the molecule is Cc1nc(Sc2ncc([N+](=O)[O-])cn2)sc1C(=O)O. The average molecular weight is 298 g/mol. The Morgan fingerprint density at radius 3 is 2.58 bits per heavy atom. The van der Waals surface area contributed by atoms with Gasteiger partial charge in [0, 0.05) is 0 Å². The van der Waals surface area contributed by atoms with Crippen LogP contribution >= 0.6 is 23.1 Å². The Morgan fingerprint density at radius 2 is 2.11 bits per heavy atom. The number of aromatic carboxylic acids is 1. The summed E-state index contributed by atoms with van der Waals surface area (Å²) < 4.78 is 0.476. The van der Waals surface area contributed by atoms with E-state index in [1.165, 1.54) is 0 Å². The number of nitro groups is 1. The predicted molar refractivity (Wildman–Crippen MR) is 66.6 cm³/mol. The van der Waals surface area contributed by atoms with Gasteiger partial charge in [-0.3, -0.25) is 10.1 Å². The minimum absolute atomic E-state index is 0.157. The first-order chi connectivity index (χ1) is 8.97. The maximum Gasteiger partial charge on any atom is 0.347 e. The molecule has 0 bridgehead atoms. The first-order valence-electron chi connectivity index (χ1n) is 4.82. The van der Waals surface area contributed by atoms with Crippen LogP contribution in [0.2, 0.25) is 0 Å². The van der Waals surface area contributed by atoms with Crippen molar-refractivity contribution in [1.82, 2.24) is 15.0 Å². The molecule has 2 aromatic heterocycles. The number of carboxylic acids is 1. The monoisotopic (exact) mass is 298 g/mol. The number of thiazole rings is 1. The lowest BCUT2D eigenvalue weighted by Crippen LogP contribution is -1.94. The summed E-state index contributed by atoms with van der Waals surface area (Å²) in [5, 5.41) is 19.6. The smallest absolute Gasteiger partial charge is 0.347 e. The van der Waals surface area contributed by atoms with Gasteiger partial charge in [-0.25, -0.2) is 19.7 Å². The molecule has 19 heavy (non-hydrogen) atoms. The van der Waals surface area contributed by atoms with Crippen LogP contribution < -0.4 is 0 Å². The zero-order valence-electron chi connectivity index (χ0n) is 9.43. The quantitative estimate of drug-likeness (QED) is 0.517. The van der Waals surface area contributed by atoms with E-state index >= 15 is 0 Å². The summed E-state index contributed by atoms with van der Waals surface area (Å²) in [6.45, 7) is 1.60. The maximum atomic E-state index is 10.9. The second-order valence-electron chi connectivity index (χ2n) is 3.28. The van der Waals surface area contributed by atoms with Crippen molar-refractivity contribution in [3.05, 3.63) is 33.1 Å². The summed E-state index contributed by atoms with van der Waals surface area (Å²) in [6.07, 6.45) is 2.18. The third-order valence-corrected chi connectivity index (χ3v) is 4.07. The molecule has 0 aliphatic rings. The van der Waals surface area contributed by atoms with Gasteiger partial charge in [-0.05, 0) is 18.7 Å². The number of hydrogen-bond donors (Lipinski definition) is 1. The van der Waals surface area contributed by atoms with E-state index < -0.39 is 10.9 Å². The Morgan fingerprint density at radius 1 is 1.47 bits per heavy atom. The fourth-order valence-corrected chi connectivity index (χ4v) is 2.98. The van der Waals surface area contributed by atoms with Crippen LogP contribution in [0.5, 0.6) is 0 Å². The number of nitrogens with zero attached hydrogens (tertiary/aromatic N) is 4. The van der Waals surface area contributed by atoms with Gasteiger partial charge in [-0.1, -0.05) is 11.3 Å². The molecule has 2 rings (SSSR count). The van der Waals surface area contributed by atoms with Gasteiger partial charge in [-0.15, -0.1) is 0 Å². The molecule has 8 nitrogen and oxygen atoms in total. The molecule has 0 aromatic carbocycles. The molecule has 0 amide bonds. The van der Waals surface area contributed by atoms with Gasteiger partial charge in [0.15, 0.2) is 9.50 Å². The highest BCUT2D eigenvalue weighted by Crippen LogP contribution is 2.31. The van der Waals surface area contributed by atoms with Crippen molar-refractivity contribution in [1.29, 1.82) is 0 Å². The van der Waals surface area contributed by atoms with E-state index in [0.29, 0.717) is 10.0 Å². The summed E-state index contributed by atoms with van der Waals surface area (Å²) in [5.74, 6) is -1.04. The zero-order valence-corrected chi connectivity index (χ0v) is 11.1. The Balaban J connectivity index is 2.19. The van der Waals surface area contributed by atoms with Crippen molar-refractivity contribution in [3.63, 3.8) is 0 Å². The van der Waals surface area contributed by atoms with Crippen molar-refractivity contribution in [2.45, 2.75) is 16.4 Å². The highest BCUT2D eigenvalue weighted by molar-refractivity contribution is 8.00. The Kier molecular flexibility index (Phi) is 3.71. The second kappa shape index (κ2) is 5.28. The van der Waals surface area contributed by atoms with Crippen molar-refractivity contribution in [2.24, 2.45) is 0 Å². The normalized spacial score (nSPS) is 10.4. The molecular weight excluding hydrogens is 292 g/mol. The Bertz CT molecular complexity index is 640. The molecule has 0 aliphatic heterocycles. The molecular formula is C9H6N4O4S2. The van der Waals surface area contributed by atoms with Crippen LogP contribution in [0.25, 0.3) is 0 Å². The molecule has 0 spiro atoms. The van der Waals surface area contributed by atoms with Crippen LogP contribution in [0.15, 0.2) is 21.9 Å². The van der Waals surface area contributed by atoms with Gasteiger partial charge < -0.3 is 5.11 Å². The molecule has 2 aromatic rings. The molecule has 0 radical (unpaired) electrons. The number of aromatic nitrogens is 3. The predicted octanol–water partition coefficient (Wildman–Crippen LogP) is 2.00. The number of rotatable bonds is 4. The van der Waals surface area contributed by atoms with Crippen molar-refractivity contribution >= 4 is 34.8 Å². The summed E-state index contributed by atoms with van der Waals surface area (Å²) in [5.41, 5.74) is 0.216. The van der Waals surface area contributed by atoms with Crippen LogP contribution in [-0.2, 0) is 0 Å². The van der Waals surface area contributed by atoms with E-state index in [4.69, 9.17) is 5.11 Å². The molecule has 0 unspecified atom stereocenters. The molecule has 0 atom stereocenters. The van der Waals surface area contributed by atoms with Crippen LogP contribution in [0.3, 0.4) is 0 Å². The number of hydrogen-bond acceptors (Lipinski definition) is 8. The first kappa shape index (κ1) is 13.4. The van der Waals surface area contributed by atoms with E-state index in [1.54, 1.807) is 6.92 Å². The molecule has 0 saturated carbocycles. The van der Waals surface area contributed by atoms with Gasteiger partial charge in [-0.2, -0.15) is 0 Å².